The predicted octanol–water partition coefficient (Wildman–Crippen LogP) is 1.26. The van der Waals surface area contributed by atoms with Gasteiger partial charge in [-0.25, -0.2) is 0 Å². The third-order valence-corrected chi connectivity index (χ3v) is 6.07. The van der Waals surface area contributed by atoms with E-state index < -0.39 is 18.0 Å². The van der Waals surface area contributed by atoms with E-state index in [4.69, 9.17) is 11.5 Å². The van der Waals surface area contributed by atoms with Gasteiger partial charge in [-0.15, -0.1) is 0 Å². The Morgan fingerprint density at radius 1 is 0.667 bits per heavy atom. The Kier molecular flexibility index (Phi) is 22.0. The summed E-state index contributed by atoms with van der Waals surface area (Å²) >= 11 is 0. The zero-order valence-corrected chi connectivity index (χ0v) is 22.7. The number of carbonyl (C=O) groups is 4. The molecule has 0 rings (SSSR count). The summed E-state index contributed by atoms with van der Waals surface area (Å²) in [7, 11) is 0. The van der Waals surface area contributed by atoms with Crippen LogP contribution in [-0.2, 0) is 19.2 Å². The van der Waals surface area contributed by atoms with Crippen LogP contribution >= 0.6 is 0 Å². The van der Waals surface area contributed by atoms with E-state index in [1.807, 2.05) is 0 Å². The summed E-state index contributed by atoms with van der Waals surface area (Å²) in [6.07, 6.45) is 10.8. The molecule has 0 aliphatic carbocycles. The van der Waals surface area contributed by atoms with E-state index in [1.165, 1.54) is 19.3 Å². The van der Waals surface area contributed by atoms with Gasteiger partial charge in [-0.2, -0.15) is 0 Å². The summed E-state index contributed by atoms with van der Waals surface area (Å²) in [5.41, 5.74) is 10.9. The SMILES string of the molecule is CCCCCCCNC(=O)CCC(NCC(=O)C(CCC(=O)NCCN)NCCCCCC)C(N)=O. The van der Waals surface area contributed by atoms with Crippen molar-refractivity contribution < 1.29 is 19.2 Å². The summed E-state index contributed by atoms with van der Waals surface area (Å²) in [5, 5.41) is 11.8. The highest BCUT2D eigenvalue weighted by Crippen LogP contribution is 2.04. The molecule has 0 aromatic rings. The number of Topliss-reactive ketones (excluding diaryl/α,β-unsaturated/α-hetero) is 1. The van der Waals surface area contributed by atoms with Crippen molar-refractivity contribution in [1.82, 2.24) is 21.3 Å². The van der Waals surface area contributed by atoms with Crippen LogP contribution in [0.25, 0.3) is 0 Å². The van der Waals surface area contributed by atoms with Crippen molar-refractivity contribution in [3.8, 4) is 0 Å². The van der Waals surface area contributed by atoms with Gasteiger partial charge < -0.3 is 27.4 Å². The monoisotopic (exact) mass is 512 g/mol. The molecule has 10 nitrogen and oxygen atoms in total. The predicted molar refractivity (Wildman–Crippen MR) is 144 cm³/mol. The van der Waals surface area contributed by atoms with Gasteiger partial charge in [0, 0.05) is 32.5 Å². The number of ketones is 1. The van der Waals surface area contributed by atoms with Gasteiger partial charge in [-0.1, -0.05) is 58.8 Å². The van der Waals surface area contributed by atoms with Crippen molar-refractivity contribution in [3.05, 3.63) is 0 Å². The highest BCUT2D eigenvalue weighted by atomic mass is 16.2. The van der Waals surface area contributed by atoms with Crippen LogP contribution in [0.4, 0.5) is 0 Å². The number of unbranched alkanes of at least 4 members (excludes halogenated alkanes) is 7. The Hall–Kier alpha value is -2.04. The van der Waals surface area contributed by atoms with Crippen LogP contribution in [0.2, 0.25) is 0 Å². The van der Waals surface area contributed by atoms with Crippen LogP contribution in [0.15, 0.2) is 0 Å². The van der Waals surface area contributed by atoms with E-state index in [-0.39, 0.29) is 43.4 Å². The van der Waals surface area contributed by atoms with Crippen molar-refractivity contribution in [2.45, 2.75) is 109 Å². The fourth-order valence-electron chi connectivity index (χ4n) is 3.79. The van der Waals surface area contributed by atoms with Crippen LogP contribution in [-0.4, -0.2) is 68.3 Å². The number of rotatable bonds is 25. The smallest absolute Gasteiger partial charge is 0.234 e. The molecule has 8 N–H and O–H groups in total. The Labute approximate surface area is 217 Å². The van der Waals surface area contributed by atoms with Crippen LogP contribution in [0, 0.1) is 0 Å². The van der Waals surface area contributed by atoms with Crippen molar-refractivity contribution in [3.63, 3.8) is 0 Å². The van der Waals surface area contributed by atoms with Gasteiger partial charge in [0.05, 0.1) is 18.6 Å². The first kappa shape index (κ1) is 34.0. The van der Waals surface area contributed by atoms with E-state index in [0.717, 1.165) is 38.5 Å². The number of nitrogens with two attached hydrogens (primary N) is 2. The number of nitrogens with one attached hydrogen (secondary N) is 4. The second-order valence-electron chi connectivity index (χ2n) is 9.35. The maximum absolute atomic E-state index is 12.9. The van der Waals surface area contributed by atoms with Crippen LogP contribution in [0.1, 0.15) is 97.3 Å². The number of carbonyl (C=O) groups excluding carboxylic acids is 4. The molecule has 0 saturated heterocycles. The quantitative estimate of drug-likeness (QED) is 0.100. The minimum Gasteiger partial charge on any atom is -0.368 e. The Morgan fingerprint density at radius 2 is 1.19 bits per heavy atom. The second kappa shape index (κ2) is 23.4. The average Bonchev–Trinajstić information content (AvgIpc) is 2.85. The minimum absolute atomic E-state index is 0.0658. The molecule has 10 heteroatoms. The molecule has 0 heterocycles. The molecular formula is C26H52N6O4. The molecule has 0 aromatic carbocycles. The summed E-state index contributed by atoms with van der Waals surface area (Å²) in [6.45, 7) is 6.30. The highest BCUT2D eigenvalue weighted by Gasteiger charge is 2.22. The van der Waals surface area contributed by atoms with Gasteiger partial charge in [-0.05, 0) is 32.2 Å². The minimum atomic E-state index is -0.776. The molecule has 210 valence electrons. The van der Waals surface area contributed by atoms with Crippen molar-refractivity contribution >= 4 is 23.5 Å². The van der Waals surface area contributed by atoms with Crippen molar-refractivity contribution in [2.75, 3.05) is 32.7 Å². The zero-order chi connectivity index (χ0) is 27.0. The molecule has 2 unspecified atom stereocenters. The number of hydrogen-bond donors (Lipinski definition) is 6. The molecule has 0 aromatic heterocycles. The van der Waals surface area contributed by atoms with Crippen LogP contribution in [0.5, 0.6) is 0 Å². The molecule has 0 bridgehead atoms. The molecule has 36 heavy (non-hydrogen) atoms. The Morgan fingerprint density at radius 3 is 1.78 bits per heavy atom. The lowest BCUT2D eigenvalue weighted by Gasteiger charge is -2.20. The number of hydrogen-bond acceptors (Lipinski definition) is 7. The summed E-state index contributed by atoms with van der Waals surface area (Å²) in [6, 6.07) is -1.28. The van der Waals surface area contributed by atoms with Gasteiger partial charge in [0.25, 0.3) is 0 Å². The molecule has 0 spiro atoms. The van der Waals surface area contributed by atoms with Crippen molar-refractivity contribution in [2.24, 2.45) is 11.5 Å². The maximum atomic E-state index is 12.9. The summed E-state index contributed by atoms with van der Waals surface area (Å²) in [4.78, 5) is 48.9. The average molecular weight is 513 g/mol. The standard InChI is InChI=1S/C26H52N6O4/c1-3-5-7-9-11-18-30-24(34)15-13-22(26(28)36)32-20-23(33)21(29-17-10-8-6-4-2)12-14-25(35)31-19-16-27/h21-22,29,32H,3-20,27H2,1-2H3,(H2,28,36)(H,30,34)(H,31,35). The van der Waals surface area contributed by atoms with Gasteiger partial charge in [0.2, 0.25) is 17.7 Å². The van der Waals surface area contributed by atoms with E-state index in [1.54, 1.807) is 0 Å². The van der Waals surface area contributed by atoms with Gasteiger partial charge in [-0.3, -0.25) is 24.5 Å². The molecule has 0 radical (unpaired) electrons. The fraction of sp³-hybridized carbons (Fsp3) is 0.846. The molecule has 2 atom stereocenters. The number of primary amides is 1. The molecular weight excluding hydrogens is 460 g/mol. The fourth-order valence-corrected chi connectivity index (χ4v) is 3.79. The zero-order valence-electron chi connectivity index (χ0n) is 22.7. The first-order chi connectivity index (χ1) is 17.3. The van der Waals surface area contributed by atoms with Gasteiger partial charge in [0.15, 0.2) is 5.78 Å². The number of amides is 3. The topological polar surface area (TPSA) is 168 Å². The molecule has 3 amide bonds. The van der Waals surface area contributed by atoms with E-state index in [2.05, 4.69) is 35.1 Å². The molecule has 0 aliphatic rings. The van der Waals surface area contributed by atoms with Crippen LogP contribution in [0.3, 0.4) is 0 Å². The molecule has 0 aliphatic heterocycles. The lowest BCUT2D eigenvalue weighted by molar-refractivity contribution is -0.123. The Bertz CT molecular complexity index is 617. The first-order valence-corrected chi connectivity index (χ1v) is 13.9. The lowest BCUT2D eigenvalue weighted by Crippen LogP contribution is -2.48. The largest absolute Gasteiger partial charge is 0.368 e. The van der Waals surface area contributed by atoms with E-state index >= 15 is 0 Å². The third-order valence-electron chi connectivity index (χ3n) is 6.07. The van der Waals surface area contributed by atoms with E-state index in [9.17, 15) is 19.2 Å². The maximum Gasteiger partial charge on any atom is 0.234 e. The summed E-state index contributed by atoms with van der Waals surface area (Å²) in [5.74, 6) is -1.01. The Balaban J connectivity index is 4.60. The normalized spacial score (nSPS) is 12.6. The van der Waals surface area contributed by atoms with Crippen molar-refractivity contribution in [1.29, 1.82) is 0 Å². The second-order valence-corrected chi connectivity index (χ2v) is 9.35. The van der Waals surface area contributed by atoms with Gasteiger partial charge >= 0.3 is 0 Å². The third kappa shape index (κ3) is 19.2. The molecule has 0 fully saturated rings. The first-order valence-electron chi connectivity index (χ1n) is 13.9. The highest BCUT2D eigenvalue weighted by molar-refractivity contribution is 5.88. The van der Waals surface area contributed by atoms with E-state index in [0.29, 0.717) is 32.6 Å². The van der Waals surface area contributed by atoms with Crippen LogP contribution < -0.4 is 32.7 Å². The molecule has 0 saturated carbocycles. The lowest BCUT2D eigenvalue weighted by atomic mass is 10.0. The summed E-state index contributed by atoms with van der Waals surface area (Å²) < 4.78 is 0. The van der Waals surface area contributed by atoms with Gasteiger partial charge in [0.1, 0.15) is 0 Å².